The van der Waals surface area contributed by atoms with Gasteiger partial charge in [-0.1, -0.05) is 12.1 Å². The van der Waals surface area contributed by atoms with E-state index in [1.165, 1.54) is 23.9 Å². The quantitative estimate of drug-likeness (QED) is 0.541. The maximum absolute atomic E-state index is 12.8. The van der Waals surface area contributed by atoms with Crippen LogP contribution in [0.1, 0.15) is 5.82 Å². The molecule has 1 aromatic carbocycles. The first-order valence-corrected chi connectivity index (χ1v) is 7.25. The summed E-state index contributed by atoms with van der Waals surface area (Å²) in [5, 5.41) is 10.7. The summed E-state index contributed by atoms with van der Waals surface area (Å²) < 4.78 is 45.8. The average Bonchev–Trinajstić information content (AvgIpc) is 3.07. The molecule has 132 valence electrons. The molecule has 11 heteroatoms. The number of hydrogen-bond acceptors (Lipinski definition) is 6. The molecule has 0 unspecified atom stereocenters. The zero-order chi connectivity index (χ0) is 18.5. The van der Waals surface area contributed by atoms with Gasteiger partial charge in [-0.25, -0.2) is 0 Å². The van der Waals surface area contributed by atoms with Crippen LogP contribution in [0.3, 0.4) is 0 Å². The first-order valence-electron chi connectivity index (χ1n) is 7.25. The highest BCUT2D eigenvalue weighted by molar-refractivity contribution is 5.75. The predicted octanol–water partition coefficient (Wildman–Crippen LogP) is 1.85. The maximum atomic E-state index is 12.8. The van der Waals surface area contributed by atoms with E-state index in [2.05, 4.69) is 20.3 Å². The third-order valence-electron chi connectivity index (χ3n) is 3.70. The number of nitrogens with zero attached hydrogens (tertiary/aromatic N) is 6. The van der Waals surface area contributed by atoms with Crippen LogP contribution in [0, 0.1) is 0 Å². The van der Waals surface area contributed by atoms with Crippen LogP contribution < -0.4 is 10.3 Å². The van der Waals surface area contributed by atoms with Gasteiger partial charge >= 0.3 is 6.18 Å². The fraction of sp³-hybridized carbons (Fsp3) is 0.133. The van der Waals surface area contributed by atoms with Crippen molar-refractivity contribution >= 4 is 16.8 Å². The van der Waals surface area contributed by atoms with E-state index in [1.807, 2.05) is 0 Å². The lowest BCUT2D eigenvalue weighted by molar-refractivity contribution is -0.144. The van der Waals surface area contributed by atoms with Gasteiger partial charge in [0, 0.05) is 6.20 Å². The van der Waals surface area contributed by atoms with Crippen molar-refractivity contribution in [3.8, 4) is 11.4 Å². The molecule has 0 radical (unpaired) electrons. The Morgan fingerprint density at radius 2 is 1.88 bits per heavy atom. The second-order valence-electron chi connectivity index (χ2n) is 5.24. The van der Waals surface area contributed by atoms with E-state index in [-0.39, 0.29) is 16.8 Å². The van der Waals surface area contributed by atoms with Gasteiger partial charge in [0.15, 0.2) is 5.52 Å². The summed E-state index contributed by atoms with van der Waals surface area (Å²) in [4.78, 5) is 16.1. The molecule has 0 N–H and O–H groups in total. The Bertz CT molecular complexity index is 1200. The van der Waals surface area contributed by atoms with Crippen molar-refractivity contribution in [2.75, 3.05) is 7.11 Å². The van der Waals surface area contributed by atoms with E-state index < -0.39 is 17.6 Å². The highest BCUT2D eigenvalue weighted by Crippen LogP contribution is 2.27. The summed E-state index contributed by atoms with van der Waals surface area (Å²) in [6.45, 7) is 0. The lowest BCUT2D eigenvalue weighted by Gasteiger charge is -2.11. The average molecular weight is 362 g/mol. The van der Waals surface area contributed by atoms with Crippen molar-refractivity contribution < 1.29 is 17.9 Å². The van der Waals surface area contributed by atoms with Crippen LogP contribution in [0.25, 0.3) is 22.5 Å². The molecular weight excluding hydrogens is 353 g/mol. The summed E-state index contributed by atoms with van der Waals surface area (Å²) in [6.07, 6.45) is -3.33. The molecule has 4 aromatic rings. The summed E-state index contributed by atoms with van der Waals surface area (Å²) >= 11 is 0. The molecule has 3 aromatic heterocycles. The molecule has 26 heavy (non-hydrogen) atoms. The number of fused-ring (bicyclic) bond motifs is 3. The number of ether oxygens (including phenoxy) is 1. The zero-order valence-electron chi connectivity index (χ0n) is 13.1. The molecule has 3 heterocycles. The first-order chi connectivity index (χ1) is 12.4. The molecule has 4 rings (SSSR count). The molecule has 8 nitrogen and oxygen atoms in total. The summed E-state index contributed by atoms with van der Waals surface area (Å²) in [5.41, 5.74) is -0.206. The Kier molecular flexibility index (Phi) is 3.39. The maximum Gasteiger partial charge on any atom is 0.453 e. The van der Waals surface area contributed by atoms with E-state index in [9.17, 15) is 18.0 Å². The van der Waals surface area contributed by atoms with Gasteiger partial charge in [-0.3, -0.25) is 9.36 Å². The van der Waals surface area contributed by atoms with Gasteiger partial charge in [0.05, 0.1) is 12.8 Å². The van der Waals surface area contributed by atoms with E-state index in [0.717, 1.165) is 4.52 Å². The van der Waals surface area contributed by atoms with E-state index in [4.69, 9.17) is 4.74 Å². The van der Waals surface area contributed by atoms with Gasteiger partial charge in [0.25, 0.3) is 17.2 Å². The summed E-state index contributed by atoms with van der Waals surface area (Å²) in [7, 11) is 1.46. The third kappa shape index (κ3) is 2.36. The van der Waals surface area contributed by atoms with Crippen LogP contribution in [0.15, 0.2) is 41.3 Å². The SMILES string of the molecule is COc1ccccc1-n1ccc2c(nnc3nc(C(F)(F)F)nn32)c1=O. The van der Waals surface area contributed by atoms with Gasteiger partial charge in [0.2, 0.25) is 0 Å². The van der Waals surface area contributed by atoms with Gasteiger partial charge in [0.1, 0.15) is 11.3 Å². The Balaban J connectivity index is 2.00. The Morgan fingerprint density at radius 1 is 1.12 bits per heavy atom. The van der Waals surface area contributed by atoms with Gasteiger partial charge < -0.3 is 4.74 Å². The lowest BCUT2D eigenvalue weighted by atomic mass is 10.2. The molecular formula is C15H9F3N6O2. The van der Waals surface area contributed by atoms with Crippen molar-refractivity contribution in [1.29, 1.82) is 0 Å². The van der Waals surface area contributed by atoms with Crippen molar-refractivity contribution in [2.45, 2.75) is 6.18 Å². The Labute approximate surface area is 142 Å². The van der Waals surface area contributed by atoms with Gasteiger partial charge in [-0.05, 0) is 18.2 Å². The molecule has 0 spiro atoms. The number of hydrogen-bond donors (Lipinski definition) is 0. The fourth-order valence-corrected chi connectivity index (χ4v) is 2.54. The van der Waals surface area contributed by atoms with Crippen LogP contribution in [-0.2, 0) is 6.18 Å². The molecule has 0 bridgehead atoms. The van der Waals surface area contributed by atoms with Crippen LogP contribution in [-0.4, -0.2) is 36.5 Å². The number of para-hydroxylation sites is 2. The van der Waals surface area contributed by atoms with Gasteiger partial charge in [-0.15, -0.1) is 15.3 Å². The molecule has 0 fully saturated rings. The van der Waals surface area contributed by atoms with Crippen molar-refractivity contribution in [1.82, 2.24) is 29.4 Å². The number of benzene rings is 1. The Morgan fingerprint density at radius 3 is 2.62 bits per heavy atom. The smallest absolute Gasteiger partial charge is 0.453 e. The number of rotatable bonds is 2. The van der Waals surface area contributed by atoms with E-state index in [1.54, 1.807) is 24.3 Å². The van der Waals surface area contributed by atoms with Crippen molar-refractivity contribution in [3.63, 3.8) is 0 Å². The van der Waals surface area contributed by atoms with Gasteiger partial charge in [-0.2, -0.15) is 22.7 Å². The molecule has 0 atom stereocenters. The minimum atomic E-state index is -4.73. The summed E-state index contributed by atoms with van der Waals surface area (Å²) in [5.74, 6) is -1.25. The molecule has 0 aliphatic heterocycles. The van der Waals surface area contributed by atoms with Crippen LogP contribution >= 0.6 is 0 Å². The zero-order valence-corrected chi connectivity index (χ0v) is 13.1. The standard InChI is InChI=1S/C15H9F3N6O2/c1-26-10-5-3-2-4-8(10)23-7-6-9-11(12(23)25)20-21-14-19-13(15(16,17)18)22-24(9)14/h2-7H,1H3. The first kappa shape index (κ1) is 16.0. The van der Waals surface area contributed by atoms with E-state index in [0.29, 0.717) is 11.4 Å². The number of alkyl halides is 3. The molecule has 0 aliphatic carbocycles. The number of aromatic nitrogens is 6. The van der Waals surface area contributed by atoms with Crippen molar-refractivity contribution in [2.24, 2.45) is 0 Å². The van der Waals surface area contributed by atoms with Crippen LogP contribution in [0.5, 0.6) is 5.75 Å². The fourth-order valence-electron chi connectivity index (χ4n) is 2.54. The highest BCUT2D eigenvalue weighted by atomic mass is 19.4. The minimum Gasteiger partial charge on any atom is -0.495 e. The lowest BCUT2D eigenvalue weighted by Crippen LogP contribution is -2.20. The second kappa shape index (κ2) is 5.51. The predicted molar refractivity (Wildman–Crippen MR) is 83.2 cm³/mol. The molecule has 0 saturated heterocycles. The number of pyridine rings is 1. The number of halogens is 3. The Hall–Kier alpha value is -3.50. The van der Waals surface area contributed by atoms with Crippen molar-refractivity contribution in [3.05, 3.63) is 52.7 Å². The monoisotopic (exact) mass is 362 g/mol. The molecule has 0 aliphatic rings. The summed E-state index contributed by atoms with van der Waals surface area (Å²) in [6, 6.07) is 8.21. The van der Waals surface area contributed by atoms with Crippen LogP contribution in [0.2, 0.25) is 0 Å². The second-order valence-corrected chi connectivity index (χ2v) is 5.24. The third-order valence-corrected chi connectivity index (χ3v) is 3.70. The van der Waals surface area contributed by atoms with Crippen LogP contribution in [0.4, 0.5) is 13.2 Å². The topological polar surface area (TPSA) is 87.2 Å². The highest BCUT2D eigenvalue weighted by Gasteiger charge is 2.36. The van der Waals surface area contributed by atoms with E-state index >= 15 is 0 Å². The largest absolute Gasteiger partial charge is 0.495 e. The minimum absolute atomic E-state index is 0.0640. The number of methoxy groups -OCH3 is 1. The normalized spacial score (nSPS) is 12.0. The molecule has 0 amide bonds. The molecule has 0 saturated carbocycles.